The second kappa shape index (κ2) is 7.75. The van der Waals surface area contributed by atoms with Gasteiger partial charge in [-0.15, -0.1) is 0 Å². The maximum absolute atomic E-state index is 13.1. The summed E-state index contributed by atoms with van der Waals surface area (Å²) in [5, 5.41) is 14.8. The highest BCUT2D eigenvalue weighted by molar-refractivity contribution is 9.10. The summed E-state index contributed by atoms with van der Waals surface area (Å²) < 4.78 is 7.54. The molecule has 0 radical (unpaired) electrons. The maximum Gasteiger partial charge on any atom is 0.282 e. The Balaban J connectivity index is 2.16. The van der Waals surface area contributed by atoms with Gasteiger partial charge in [0, 0.05) is 9.89 Å². The number of rotatable bonds is 4. The number of fused-ring (bicyclic) bond motifs is 1. The molecule has 0 saturated heterocycles. The summed E-state index contributed by atoms with van der Waals surface area (Å²) in [5.74, 6) is 0.992. The first-order valence-corrected chi connectivity index (χ1v) is 9.73. The Morgan fingerprint density at radius 3 is 2.68 bits per heavy atom. The normalized spacial score (nSPS) is 12.0. The molecule has 0 aliphatic rings. The lowest BCUT2D eigenvalue weighted by molar-refractivity contribution is 0.318. The van der Waals surface area contributed by atoms with E-state index in [2.05, 4.69) is 26.0 Å². The topological polar surface area (TPSA) is 76.7 Å². The van der Waals surface area contributed by atoms with Crippen LogP contribution in [-0.2, 0) is 5.41 Å². The Morgan fingerprint density at radius 2 is 2.00 bits per heavy atom. The Hall–Kier alpha value is -2.67. The fourth-order valence-electron chi connectivity index (χ4n) is 2.75. The van der Waals surface area contributed by atoms with Crippen LogP contribution < -0.4 is 10.3 Å². The standard InChI is InChI=1S/C21H22BrN3O3/c1-5-28-18-10-13(6-9-17(18)26)12-23-25-19(27)15-11-14(22)7-8-16(15)24-20(25)21(2,3)4/h6-12,26H,5H2,1-4H3. The third-order valence-corrected chi connectivity index (χ3v) is 4.58. The van der Waals surface area contributed by atoms with Gasteiger partial charge in [0.25, 0.3) is 5.56 Å². The molecule has 0 fully saturated rings. The Morgan fingerprint density at radius 1 is 1.25 bits per heavy atom. The van der Waals surface area contributed by atoms with Gasteiger partial charge in [-0.1, -0.05) is 36.7 Å². The first kappa shape index (κ1) is 20.1. The van der Waals surface area contributed by atoms with Crippen molar-refractivity contribution in [1.82, 2.24) is 9.66 Å². The van der Waals surface area contributed by atoms with Crippen LogP contribution in [0.2, 0.25) is 0 Å². The van der Waals surface area contributed by atoms with E-state index in [0.717, 1.165) is 4.47 Å². The van der Waals surface area contributed by atoms with Gasteiger partial charge >= 0.3 is 0 Å². The summed E-state index contributed by atoms with van der Waals surface area (Å²) in [6.07, 6.45) is 1.56. The van der Waals surface area contributed by atoms with E-state index in [1.165, 1.54) is 10.7 Å². The Bertz CT molecular complexity index is 1110. The molecular weight excluding hydrogens is 422 g/mol. The molecule has 0 amide bonds. The van der Waals surface area contributed by atoms with Crippen molar-refractivity contribution in [3.05, 3.63) is 62.6 Å². The van der Waals surface area contributed by atoms with Crippen LogP contribution in [0, 0.1) is 0 Å². The van der Waals surface area contributed by atoms with Gasteiger partial charge in [-0.3, -0.25) is 4.79 Å². The highest BCUT2D eigenvalue weighted by Gasteiger charge is 2.22. The second-order valence-electron chi connectivity index (χ2n) is 7.37. The predicted molar refractivity (Wildman–Crippen MR) is 115 cm³/mol. The first-order valence-electron chi connectivity index (χ1n) is 8.93. The van der Waals surface area contributed by atoms with Crippen LogP contribution in [0.4, 0.5) is 0 Å². The minimum atomic E-state index is -0.386. The van der Waals surface area contributed by atoms with Crippen LogP contribution in [0.25, 0.3) is 10.9 Å². The molecule has 0 unspecified atom stereocenters. The summed E-state index contributed by atoms with van der Waals surface area (Å²) in [4.78, 5) is 17.8. The van der Waals surface area contributed by atoms with E-state index in [1.54, 1.807) is 24.4 Å². The van der Waals surface area contributed by atoms with E-state index in [9.17, 15) is 9.90 Å². The third kappa shape index (κ3) is 4.09. The highest BCUT2D eigenvalue weighted by Crippen LogP contribution is 2.26. The molecule has 1 aromatic heterocycles. The van der Waals surface area contributed by atoms with Crippen LogP contribution in [0.1, 0.15) is 39.1 Å². The van der Waals surface area contributed by atoms with E-state index in [-0.39, 0.29) is 16.7 Å². The molecule has 0 aliphatic heterocycles. The molecule has 28 heavy (non-hydrogen) atoms. The fraction of sp³-hybridized carbons (Fsp3) is 0.286. The summed E-state index contributed by atoms with van der Waals surface area (Å²) >= 11 is 3.40. The van der Waals surface area contributed by atoms with Gasteiger partial charge in [0.15, 0.2) is 11.5 Å². The fourth-order valence-corrected chi connectivity index (χ4v) is 3.11. The van der Waals surface area contributed by atoms with Gasteiger partial charge < -0.3 is 9.84 Å². The van der Waals surface area contributed by atoms with Gasteiger partial charge in [0.1, 0.15) is 5.82 Å². The Kier molecular flexibility index (Phi) is 5.56. The van der Waals surface area contributed by atoms with Crippen molar-refractivity contribution in [1.29, 1.82) is 0 Å². The first-order chi connectivity index (χ1) is 13.2. The van der Waals surface area contributed by atoms with Crippen LogP contribution in [0.15, 0.2) is 50.8 Å². The number of halogens is 1. The molecule has 0 saturated carbocycles. The molecule has 1 N–H and O–H groups in total. The van der Waals surface area contributed by atoms with Gasteiger partial charge in [0.2, 0.25) is 0 Å². The quantitative estimate of drug-likeness (QED) is 0.604. The molecule has 3 aromatic rings. The van der Waals surface area contributed by atoms with Crippen LogP contribution in [-0.4, -0.2) is 27.6 Å². The van der Waals surface area contributed by atoms with Crippen molar-refractivity contribution in [2.75, 3.05) is 6.61 Å². The molecule has 1 heterocycles. The lowest BCUT2D eigenvalue weighted by atomic mass is 9.95. The molecule has 7 heteroatoms. The highest BCUT2D eigenvalue weighted by atomic mass is 79.9. The predicted octanol–water partition coefficient (Wildman–Crippen LogP) is 4.44. The lowest BCUT2D eigenvalue weighted by Gasteiger charge is -2.20. The van der Waals surface area contributed by atoms with Crippen LogP contribution in [0.5, 0.6) is 11.5 Å². The van der Waals surface area contributed by atoms with E-state index in [4.69, 9.17) is 4.74 Å². The maximum atomic E-state index is 13.1. The number of aromatic nitrogens is 2. The average Bonchev–Trinajstić information content (AvgIpc) is 2.63. The van der Waals surface area contributed by atoms with Gasteiger partial charge in [-0.05, 0) is 48.9 Å². The molecule has 6 nitrogen and oxygen atoms in total. The monoisotopic (exact) mass is 443 g/mol. The molecule has 2 aromatic carbocycles. The SMILES string of the molecule is CCOc1cc(C=Nn2c(C(C)(C)C)nc3ccc(Br)cc3c2=O)ccc1O. The largest absolute Gasteiger partial charge is 0.504 e. The molecule has 0 atom stereocenters. The average molecular weight is 444 g/mol. The Labute approximate surface area is 171 Å². The van der Waals surface area contributed by atoms with Crippen molar-refractivity contribution in [2.45, 2.75) is 33.1 Å². The van der Waals surface area contributed by atoms with E-state index >= 15 is 0 Å². The summed E-state index contributed by atoms with van der Waals surface area (Å²) in [6.45, 7) is 8.23. The van der Waals surface area contributed by atoms with Gasteiger partial charge in [-0.25, -0.2) is 4.98 Å². The number of phenolic OH excluding ortho intramolecular Hbond substituents is 1. The molecule has 0 spiro atoms. The zero-order chi connectivity index (χ0) is 20.5. The molecule has 0 bridgehead atoms. The van der Waals surface area contributed by atoms with Gasteiger partial charge in [0.05, 0.1) is 23.7 Å². The smallest absolute Gasteiger partial charge is 0.282 e. The van der Waals surface area contributed by atoms with Crippen molar-refractivity contribution >= 4 is 33.0 Å². The zero-order valence-corrected chi connectivity index (χ0v) is 17.8. The number of hydrogen-bond acceptors (Lipinski definition) is 5. The van der Waals surface area contributed by atoms with Crippen molar-refractivity contribution in [2.24, 2.45) is 5.10 Å². The molecule has 3 rings (SSSR count). The number of nitrogens with zero attached hydrogens (tertiary/aromatic N) is 3. The van der Waals surface area contributed by atoms with Crippen LogP contribution >= 0.6 is 15.9 Å². The molecular formula is C21H22BrN3O3. The summed E-state index contributed by atoms with van der Waals surface area (Å²) in [7, 11) is 0. The van der Waals surface area contributed by atoms with Crippen molar-refractivity contribution < 1.29 is 9.84 Å². The number of aromatic hydroxyl groups is 1. The third-order valence-electron chi connectivity index (χ3n) is 4.09. The van der Waals surface area contributed by atoms with E-state index in [0.29, 0.717) is 34.6 Å². The zero-order valence-electron chi connectivity index (χ0n) is 16.2. The molecule has 0 aliphatic carbocycles. The van der Waals surface area contributed by atoms with E-state index < -0.39 is 0 Å². The van der Waals surface area contributed by atoms with Gasteiger partial charge in [-0.2, -0.15) is 9.78 Å². The summed E-state index contributed by atoms with van der Waals surface area (Å²) in [5.41, 5.74) is 0.704. The number of hydrogen-bond donors (Lipinski definition) is 1. The van der Waals surface area contributed by atoms with Crippen molar-refractivity contribution in [3.8, 4) is 11.5 Å². The number of benzene rings is 2. The second-order valence-corrected chi connectivity index (χ2v) is 8.28. The van der Waals surface area contributed by atoms with E-state index in [1.807, 2.05) is 39.8 Å². The minimum Gasteiger partial charge on any atom is -0.504 e. The van der Waals surface area contributed by atoms with Crippen LogP contribution in [0.3, 0.4) is 0 Å². The number of ether oxygens (including phenoxy) is 1. The van der Waals surface area contributed by atoms with Crippen molar-refractivity contribution in [3.63, 3.8) is 0 Å². The molecule has 146 valence electrons. The number of phenols is 1. The minimum absolute atomic E-state index is 0.0590. The lowest BCUT2D eigenvalue weighted by Crippen LogP contribution is -2.29. The summed E-state index contributed by atoms with van der Waals surface area (Å²) in [6, 6.07) is 10.3.